The highest BCUT2D eigenvalue weighted by Gasteiger charge is 2.09. The highest BCUT2D eigenvalue weighted by molar-refractivity contribution is 5.47. The molecular formula is C17H24N2O. The number of rotatable bonds is 7. The molecule has 0 spiro atoms. The van der Waals surface area contributed by atoms with E-state index in [1.807, 2.05) is 6.07 Å². The number of aryl methyl sites for hydroxylation is 1. The predicted molar refractivity (Wildman–Crippen MR) is 84.0 cm³/mol. The molecule has 0 aliphatic heterocycles. The topological polar surface area (TPSA) is 28.4 Å². The van der Waals surface area contributed by atoms with Crippen LogP contribution in [0.25, 0.3) is 0 Å². The third-order valence-corrected chi connectivity index (χ3v) is 3.57. The quantitative estimate of drug-likeness (QED) is 0.835. The maximum absolute atomic E-state index is 5.62. The largest absolute Gasteiger partial charge is 0.467 e. The van der Waals surface area contributed by atoms with Crippen molar-refractivity contribution in [3.05, 3.63) is 53.5 Å². The number of hydrogen-bond donors (Lipinski definition) is 1. The van der Waals surface area contributed by atoms with Gasteiger partial charge in [0.1, 0.15) is 5.76 Å². The first-order valence-corrected chi connectivity index (χ1v) is 7.30. The second-order valence-electron chi connectivity index (χ2n) is 5.03. The van der Waals surface area contributed by atoms with Gasteiger partial charge in [0.05, 0.1) is 12.8 Å². The first-order chi connectivity index (χ1) is 9.74. The van der Waals surface area contributed by atoms with Crippen molar-refractivity contribution < 1.29 is 4.42 Å². The van der Waals surface area contributed by atoms with E-state index in [1.54, 1.807) is 6.26 Å². The van der Waals surface area contributed by atoms with Gasteiger partial charge in [-0.3, -0.25) is 0 Å². The van der Waals surface area contributed by atoms with Crippen molar-refractivity contribution in [1.29, 1.82) is 0 Å². The second kappa shape index (κ2) is 7.15. The number of benzene rings is 1. The molecule has 1 aromatic heterocycles. The molecule has 0 unspecified atom stereocenters. The van der Waals surface area contributed by atoms with Gasteiger partial charge in [0.25, 0.3) is 0 Å². The number of anilines is 1. The summed E-state index contributed by atoms with van der Waals surface area (Å²) in [5.41, 5.74) is 3.82. The van der Waals surface area contributed by atoms with Crippen LogP contribution in [0.2, 0.25) is 0 Å². The first-order valence-electron chi connectivity index (χ1n) is 7.30. The second-order valence-corrected chi connectivity index (χ2v) is 5.03. The van der Waals surface area contributed by atoms with Gasteiger partial charge < -0.3 is 14.6 Å². The summed E-state index contributed by atoms with van der Waals surface area (Å²) >= 11 is 0. The van der Waals surface area contributed by atoms with Crippen LogP contribution >= 0.6 is 0 Å². The standard InChI is InChI=1S/C17H24N2O/c1-4-14-6-8-16(9-7-14)19(3)13-17-15(10-11-20-17)12-18-5-2/h6-11,18H,4-5,12-13H2,1-3H3. The monoisotopic (exact) mass is 272 g/mol. The van der Waals surface area contributed by atoms with Gasteiger partial charge in [-0.05, 0) is 36.7 Å². The van der Waals surface area contributed by atoms with Crippen molar-refractivity contribution in [1.82, 2.24) is 5.32 Å². The minimum absolute atomic E-state index is 0.791. The summed E-state index contributed by atoms with van der Waals surface area (Å²) in [5.74, 6) is 1.04. The summed E-state index contributed by atoms with van der Waals surface area (Å²) in [7, 11) is 2.10. The van der Waals surface area contributed by atoms with E-state index in [4.69, 9.17) is 4.42 Å². The molecule has 20 heavy (non-hydrogen) atoms. The van der Waals surface area contributed by atoms with Crippen LogP contribution in [0.1, 0.15) is 30.7 Å². The predicted octanol–water partition coefficient (Wildman–Crippen LogP) is 3.59. The number of furan rings is 1. The SMILES string of the molecule is CCNCc1ccoc1CN(C)c1ccc(CC)cc1. The molecule has 2 aromatic rings. The third-order valence-electron chi connectivity index (χ3n) is 3.57. The summed E-state index contributed by atoms with van der Waals surface area (Å²) < 4.78 is 5.62. The molecular weight excluding hydrogens is 248 g/mol. The molecule has 3 heteroatoms. The average molecular weight is 272 g/mol. The minimum atomic E-state index is 0.791. The number of nitrogens with zero attached hydrogens (tertiary/aromatic N) is 1. The van der Waals surface area contributed by atoms with Crippen LogP contribution in [0.5, 0.6) is 0 Å². The molecule has 0 saturated carbocycles. The van der Waals surface area contributed by atoms with E-state index in [1.165, 1.54) is 16.8 Å². The van der Waals surface area contributed by atoms with E-state index in [0.29, 0.717) is 0 Å². The zero-order valence-corrected chi connectivity index (χ0v) is 12.6. The van der Waals surface area contributed by atoms with Gasteiger partial charge in [-0.15, -0.1) is 0 Å². The van der Waals surface area contributed by atoms with E-state index >= 15 is 0 Å². The number of nitrogens with one attached hydrogen (secondary N) is 1. The Labute approximate surface area is 121 Å². The first kappa shape index (κ1) is 14.7. The Balaban J connectivity index is 2.03. The Hall–Kier alpha value is -1.74. The Kier molecular flexibility index (Phi) is 5.24. The van der Waals surface area contributed by atoms with E-state index in [-0.39, 0.29) is 0 Å². The van der Waals surface area contributed by atoms with E-state index in [2.05, 4.69) is 55.4 Å². The lowest BCUT2D eigenvalue weighted by molar-refractivity contribution is 0.500. The van der Waals surface area contributed by atoms with Gasteiger partial charge in [-0.25, -0.2) is 0 Å². The Morgan fingerprint density at radius 2 is 1.85 bits per heavy atom. The van der Waals surface area contributed by atoms with Gasteiger partial charge in [0.2, 0.25) is 0 Å². The zero-order valence-electron chi connectivity index (χ0n) is 12.6. The van der Waals surface area contributed by atoms with Gasteiger partial charge in [-0.2, -0.15) is 0 Å². The van der Waals surface area contributed by atoms with E-state index in [0.717, 1.165) is 31.8 Å². The average Bonchev–Trinajstić information content (AvgIpc) is 2.92. The van der Waals surface area contributed by atoms with Crippen LogP contribution in [-0.2, 0) is 19.5 Å². The van der Waals surface area contributed by atoms with Crippen LogP contribution in [0.4, 0.5) is 5.69 Å². The zero-order chi connectivity index (χ0) is 14.4. The molecule has 0 fully saturated rings. The van der Waals surface area contributed by atoms with Crippen molar-refractivity contribution in [2.75, 3.05) is 18.5 Å². The molecule has 1 aromatic carbocycles. The highest BCUT2D eigenvalue weighted by Crippen LogP contribution is 2.19. The van der Waals surface area contributed by atoms with Gasteiger partial charge >= 0.3 is 0 Å². The van der Waals surface area contributed by atoms with Crippen molar-refractivity contribution in [2.45, 2.75) is 33.4 Å². The van der Waals surface area contributed by atoms with Crippen LogP contribution < -0.4 is 10.2 Å². The summed E-state index contributed by atoms with van der Waals surface area (Å²) in [5, 5.41) is 3.34. The molecule has 1 N–H and O–H groups in total. The molecule has 2 rings (SSSR count). The summed E-state index contributed by atoms with van der Waals surface area (Å²) in [6.45, 7) is 6.92. The summed E-state index contributed by atoms with van der Waals surface area (Å²) in [4.78, 5) is 2.22. The smallest absolute Gasteiger partial charge is 0.127 e. The number of hydrogen-bond acceptors (Lipinski definition) is 3. The molecule has 3 nitrogen and oxygen atoms in total. The maximum atomic E-state index is 5.62. The van der Waals surface area contributed by atoms with Crippen LogP contribution in [0.3, 0.4) is 0 Å². The fourth-order valence-corrected chi connectivity index (χ4v) is 2.22. The molecule has 108 valence electrons. The summed E-state index contributed by atoms with van der Waals surface area (Å²) in [6.07, 6.45) is 2.85. The van der Waals surface area contributed by atoms with Crippen LogP contribution in [0.15, 0.2) is 41.0 Å². The van der Waals surface area contributed by atoms with Gasteiger partial charge in [0, 0.05) is 24.8 Å². The highest BCUT2D eigenvalue weighted by atomic mass is 16.3. The third kappa shape index (κ3) is 3.64. The molecule has 1 heterocycles. The van der Waals surface area contributed by atoms with E-state index in [9.17, 15) is 0 Å². The minimum Gasteiger partial charge on any atom is -0.467 e. The molecule has 0 aliphatic rings. The Morgan fingerprint density at radius 3 is 2.50 bits per heavy atom. The van der Waals surface area contributed by atoms with E-state index < -0.39 is 0 Å². The lowest BCUT2D eigenvalue weighted by Crippen LogP contribution is -2.18. The summed E-state index contributed by atoms with van der Waals surface area (Å²) in [6, 6.07) is 10.8. The lowest BCUT2D eigenvalue weighted by Gasteiger charge is -2.19. The molecule has 0 bridgehead atoms. The van der Waals surface area contributed by atoms with Crippen molar-refractivity contribution >= 4 is 5.69 Å². The molecule has 0 radical (unpaired) electrons. The normalized spacial score (nSPS) is 10.8. The molecule has 0 saturated heterocycles. The molecule has 0 atom stereocenters. The van der Waals surface area contributed by atoms with Gasteiger partial charge in [0.15, 0.2) is 0 Å². The molecule has 0 aliphatic carbocycles. The molecule has 0 amide bonds. The lowest BCUT2D eigenvalue weighted by atomic mass is 10.1. The van der Waals surface area contributed by atoms with Gasteiger partial charge in [-0.1, -0.05) is 26.0 Å². The van der Waals surface area contributed by atoms with Crippen molar-refractivity contribution in [3.63, 3.8) is 0 Å². The van der Waals surface area contributed by atoms with Crippen molar-refractivity contribution in [3.8, 4) is 0 Å². The Bertz CT molecular complexity index is 516. The van der Waals surface area contributed by atoms with Crippen molar-refractivity contribution in [2.24, 2.45) is 0 Å². The van der Waals surface area contributed by atoms with Crippen LogP contribution in [0, 0.1) is 0 Å². The fourth-order valence-electron chi connectivity index (χ4n) is 2.22. The van der Waals surface area contributed by atoms with Crippen LogP contribution in [-0.4, -0.2) is 13.6 Å². The Morgan fingerprint density at radius 1 is 1.10 bits per heavy atom. The fraction of sp³-hybridized carbons (Fsp3) is 0.412. The maximum Gasteiger partial charge on any atom is 0.127 e.